The largest absolute Gasteiger partial charge is 0.481 e. The van der Waals surface area contributed by atoms with E-state index in [1.54, 1.807) is 24.3 Å². The number of anilines is 2. The lowest BCUT2D eigenvalue weighted by Crippen LogP contribution is -2.32. The third kappa shape index (κ3) is 6.29. The Kier molecular flexibility index (Phi) is 7.90. The summed E-state index contributed by atoms with van der Waals surface area (Å²) in [6, 6.07) is 16.9. The fourth-order valence-electron chi connectivity index (χ4n) is 2.72. The Balaban J connectivity index is 1.67. The zero-order valence-electron chi connectivity index (χ0n) is 16.8. The predicted octanol–water partition coefficient (Wildman–Crippen LogP) is 6.24. The van der Waals surface area contributed by atoms with Gasteiger partial charge < -0.3 is 10.1 Å². The van der Waals surface area contributed by atoms with E-state index < -0.39 is 16.1 Å². The van der Waals surface area contributed by atoms with Gasteiger partial charge in [-0.15, -0.1) is 0 Å². The highest BCUT2D eigenvalue weighted by Gasteiger charge is 2.20. The summed E-state index contributed by atoms with van der Waals surface area (Å²) in [5.74, 6) is 0.161. The van der Waals surface area contributed by atoms with E-state index in [9.17, 15) is 13.2 Å². The maximum absolute atomic E-state index is 12.6. The summed E-state index contributed by atoms with van der Waals surface area (Å²) >= 11 is 17.7. The average molecular weight is 514 g/mol. The standard InChI is InChI=1S/C22H19Cl3N2O4S/c1-2-21(31-17-8-3-14(23)4-9-17)22(28)26-16-6-10-18(11-7-16)32(29,30)27-20-12-5-15(24)13-19(20)25/h3-13,21,27H,2H2,1H3,(H,26,28)/t21-/m1/s1. The van der Waals surface area contributed by atoms with Crippen LogP contribution in [0.1, 0.15) is 13.3 Å². The summed E-state index contributed by atoms with van der Waals surface area (Å²) in [5, 5.41) is 3.86. The van der Waals surface area contributed by atoms with Gasteiger partial charge in [-0.25, -0.2) is 8.42 Å². The minimum Gasteiger partial charge on any atom is -0.481 e. The summed E-state index contributed by atoms with van der Waals surface area (Å²) in [4.78, 5) is 12.6. The summed E-state index contributed by atoms with van der Waals surface area (Å²) in [6.45, 7) is 1.82. The zero-order valence-corrected chi connectivity index (χ0v) is 19.9. The minimum atomic E-state index is -3.88. The SMILES string of the molecule is CC[C@@H](Oc1ccc(Cl)cc1)C(=O)Nc1ccc(S(=O)(=O)Nc2ccc(Cl)cc2Cl)cc1. The van der Waals surface area contributed by atoms with Gasteiger partial charge in [0.15, 0.2) is 6.10 Å². The van der Waals surface area contributed by atoms with E-state index in [2.05, 4.69) is 10.0 Å². The van der Waals surface area contributed by atoms with Gasteiger partial charge in [0, 0.05) is 15.7 Å². The molecule has 0 spiro atoms. The number of benzene rings is 3. The van der Waals surface area contributed by atoms with Crippen LogP contribution in [0, 0.1) is 0 Å². The molecule has 6 nitrogen and oxygen atoms in total. The van der Waals surface area contributed by atoms with E-state index in [1.807, 2.05) is 6.92 Å². The van der Waals surface area contributed by atoms with Gasteiger partial charge in [-0.05, 0) is 73.2 Å². The maximum atomic E-state index is 12.6. The van der Waals surface area contributed by atoms with Crippen LogP contribution >= 0.6 is 34.8 Å². The number of halogens is 3. The second-order valence-electron chi connectivity index (χ2n) is 6.71. The van der Waals surface area contributed by atoms with Crippen LogP contribution < -0.4 is 14.8 Å². The summed E-state index contributed by atoms with van der Waals surface area (Å²) in [7, 11) is -3.88. The fourth-order valence-corrected chi connectivity index (χ4v) is 4.43. The average Bonchev–Trinajstić information content (AvgIpc) is 2.75. The van der Waals surface area contributed by atoms with Crippen LogP contribution in [0.15, 0.2) is 71.6 Å². The van der Waals surface area contributed by atoms with Gasteiger partial charge in [0.25, 0.3) is 15.9 Å². The Labute approximate surface area is 201 Å². The molecule has 0 saturated heterocycles. The normalized spacial score (nSPS) is 12.1. The Bertz CT molecular complexity index is 1200. The first-order chi connectivity index (χ1) is 15.2. The van der Waals surface area contributed by atoms with Crippen LogP contribution in [0.2, 0.25) is 15.1 Å². The first-order valence-corrected chi connectivity index (χ1v) is 12.1. The number of carbonyl (C=O) groups excluding carboxylic acids is 1. The highest BCUT2D eigenvalue weighted by Crippen LogP contribution is 2.28. The van der Waals surface area contributed by atoms with Crippen LogP contribution in [0.25, 0.3) is 0 Å². The maximum Gasteiger partial charge on any atom is 0.265 e. The molecule has 0 aromatic heterocycles. The van der Waals surface area contributed by atoms with E-state index in [1.165, 1.54) is 42.5 Å². The van der Waals surface area contributed by atoms with Crippen LogP contribution in [0.4, 0.5) is 11.4 Å². The molecule has 0 aliphatic heterocycles. The van der Waals surface area contributed by atoms with Crippen LogP contribution in [0.5, 0.6) is 5.75 Å². The van der Waals surface area contributed by atoms with Gasteiger partial charge in [-0.3, -0.25) is 9.52 Å². The van der Waals surface area contributed by atoms with Gasteiger partial charge in [0.2, 0.25) is 0 Å². The molecule has 0 aliphatic carbocycles. The summed E-state index contributed by atoms with van der Waals surface area (Å²) in [6.07, 6.45) is -0.291. The van der Waals surface area contributed by atoms with Gasteiger partial charge in [0.1, 0.15) is 5.75 Å². The molecule has 10 heteroatoms. The number of rotatable bonds is 8. The van der Waals surface area contributed by atoms with Crippen molar-refractivity contribution in [3.05, 3.63) is 81.8 Å². The van der Waals surface area contributed by atoms with Gasteiger partial charge in [-0.1, -0.05) is 41.7 Å². The molecule has 3 aromatic carbocycles. The summed E-state index contributed by atoms with van der Waals surface area (Å²) < 4.78 is 33.4. The Morgan fingerprint density at radius 3 is 2.16 bits per heavy atom. The van der Waals surface area contributed by atoms with Crippen LogP contribution in [-0.4, -0.2) is 20.4 Å². The van der Waals surface area contributed by atoms with Crippen molar-refractivity contribution in [2.75, 3.05) is 10.0 Å². The van der Waals surface area contributed by atoms with Crippen molar-refractivity contribution in [1.29, 1.82) is 0 Å². The van der Waals surface area contributed by atoms with Gasteiger partial charge >= 0.3 is 0 Å². The molecule has 0 unspecified atom stereocenters. The zero-order chi connectivity index (χ0) is 23.3. The van der Waals surface area contributed by atoms with Crippen LogP contribution in [0.3, 0.4) is 0 Å². The Hall–Kier alpha value is -2.45. The lowest BCUT2D eigenvalue weighted by Gasteiger charge is -2.17. The monoisotopic (exact) mass is 512 g/mol. The highest BCUT2D eigenvalue weighted by atomic mass is 35.5. The first kappa shape index (κ1) is 24.2. The molecular weight excluding hydrogens is 495 g/mol. The molecule has 1 atom stereocenters. The van der Waals surface area contributed by atoms with Crippen molar-refractivity contribution < 1.29 is 17.9 Å². The van der Waals surface area contributed by atoms with E-state index in [-0.39, 0.29) is 21.5 Å². The number of carbonyl (C=O) groups is 1. The van der Waals surface area contributed by atoms with E-state index in [0.717, 1.165) is 0 Å². The van der Waals surface area contributed by atoms with Crippen molar-refractivity contribution in [2.24, 2.45) is 0 Å². The van der Waals surface area contributed by atoms with E-state index in [0.29, 0.717) is 27.9 Å². The molecule has 3 rings (SSSR count). The number of nitrogens with one attached hydrogen (secondary N) is 2. The number of amides is 1. The molecule has 3 aromatic rings. The number of hydrogen-bond acceptors (Lipinski definition) is 4. The third-order valence-electron chi connectivity index (χ3n) is 4.36. The molecule has 0 bridgehead atoms. The number of sulfonamides is 1. The second kappa shape index (κ2) is 10.4. The quantitative estimate of drug-likeness (QED) is 0.373. The number of ether oxygens (including phenoxy) is 1. The lowest BCUT2D eigenvalue weighted by atomic mass is 10.2. The van der Waals surface area contributed by atoms with E-state index >= 15 is 0 Å². The number of hydrogen-bond donors (Lipinski definition) is 2. The predicted molar refractivity (Wildman–Crippen MR) is 129 cm³/mol. The minimum absolute atomic E-state index is 0.00553. The van der Waals surface area contributed by atoms with Crippen molar-refractivity contribution in [3.8, 4) is 5.75 Å². The second-order valence-corrected chi connectivity index (χ2v) is 9.67. The lowest BCUT2D eigenvalue weighted by molar-refractivity contribution is -0.122. The molecule has 0 aliphatic rings. The Morgan fingerprint density at radius 2 is 1.56 bits per heavy atom. The molecule has 1 amide bonds. The van der Waals surface area contributed by atoms with Crippen molar-refractivity contribution in [1.82, 2.24) is 0 Å². The molecule has 0 saturated carbocycles. The fraction of sp³-hybridized carbons (Fsp3) is 0.136. The smallest absolute Gasteiger partial charge is 0.265 e. The van der Waals surface area contributed by atoms with E-state index in [4.69, 9.17) is 39.5 Å². The topological polar surface area (TPSA) is 84.5 Å². The highest BCUT2D eigenvalue weighted by molar-refractivity contribution is 7.92. The summed E-state index contributed by atoms with van der Waals surface area (Å²) in [5.41, 5.74) is 0.634. The molecule has 2 N–H and O–H groups in total. The molecule has 168 valence electrons. The van der Waals surface area contributed by atoms with Gasteiger partial charge in [0.05, 0.1) is 15.6 Å². The third-order valence-corrected chi connectivity index (χ3v) is 6.54. The molecule has 0 heterocycles. The first-order valence-electron chi connectivity index (χ1n) is 9.49. The molecule has 32 heavy (non-hydrogen) atoms. The van der Waals surface area contributed by atoms with Gasteiger partial charge in [-0.2, -0.15) is 0 Å². The molecule has 0 fully saturated rings. The van der Waals surface area contributed by atoms with Crippen molar-refractivity contribution >= 4 is 62.1 Å². The molecular formula is C22H19Cl3N2O4S. The van der Waals surface area contributed by atoms with Crippen molar-refractivity contribution in [3.63, 3.8) is 0 Å². The Morgan fingerprint density at radius 1 is 0.938 bits per heavy atom. The molecule has 0 radical (unpaired) electrons. The van der Waals surface area contributed by atoms with Crippen LogP contribution in [-0.2, 0) is 14.8 Å². The van der Waals surface area contributed by atoms with Crippen molar-refractivity contribution in [2.45, 2.75) is 24.3 Å².